The SMILES string of the molecule is CN=C(NCCCOCCOC)NCc1ccc(Br)cc1Cl. The van der Waals surface area contributed by atoms with Crippen LogP contribution < -0.4 is 10.6 Å². The number of nitrogens with zero attached hydrogens (tertiary/aromatic N) is 1. The van der Waals surface area contributed by atoms with Gasteiger partial charge < -0.3 is 20.1 Å². The molecule has 7 heteroatoms. The van der Waals surface area contributed by atoms with E-state index in [0.29, 0.717) is 26.4 Å². The van der Waals surface area contributed by atoms with E-state index < -0.39 is 0 Å². The maximum absolute atomic E-state index is 6.19. The van der Waals surface area contributed by atoms with Crippen molar-refractivity contribution in [2.24, 2.45) is 4.99 Å². The van der Waals surface area contributed by atoms with Crippen LogP contribution >= 0.6 is 27.5 Å². The van der Waals surface area contributed by atoms with Gasteiger partial charge in [-0.2, -0.15) is 0 Å². The molecule has 124 valence electrons. The van der Waals surface area contributed by atoms with Gasteiger partial charge in [0.15, 0.2) is 5.96 Å². The van der Waals surface area contributed by atoms with Crippen LogP contribution in [0, 0.1) is 0 Å². The van der Waals surface area contributed by atoms with Gasteiger partial charge in [-0.1, -0.05) is 33.6 Å². The van der Waals surface area contributed by atoms with Gasteiger partial charge in [0.25, 0.3) is 0 Å². The Kier molecular flexibility index (Phi) is 10.2. The molecule has 22 heavy (non-hydrogen) atoms. The fourth-order valence-corrected chi connectivity index (χ4v) is 2.43. The summed E-state index contributed by atoms with van der Waals surface area (Å²) < 4.78 is 11.3. The molecule has 0 atom stereocenters. The van der Waals surface area contributed by atoms with Gasteiger partial charge in [0, 0.05) is 43.3 Å². The van der Waals surface area contributed by atoms with Gasteiger partial charge in [0.05, 0.1) is 13.2 Å². The van der Waals surface area contributed by atoms with E-state index in [2.05, 4.69) is 31.6 Å². The van der Waals surface area contributed by atoms with Crippen molar-refractivity contribution in [1.29, 1.82) is 0 Å². The van der Waals surface area contributed by atoms with Gasteiger partial charge in [0.2, 0.25) is 0 Å². The lowest BCUT2D eigenvalue weighted by molar-refractivity contribution is 0.0698. The molecule has 0 aliphatic carbocycles. The lowest BCUT2D eigenvalue weighted by atomic mass is 10.2. The van der Waals surface area contributed by atoms with E-state index in [9.17, 15) is 0 Å². The summed E-state index contributed by atoms with van der Waals surface area (Å²) in [4.78, 5) is 4.18. The average molecular weight is 393 g/mol. The van der Waals surface area contributed by atoms with Crippen molar-refractivity contribution in [2.45, 2.75) is 13.0 Å². The number of hydrogen-bond donors (Lipinski definition) is 2. The van der Waals surface area contributed by atoms with Crippen molar-refractivity contribution >= 4 is 33.5 Å². The molecule has 0 spiro atoms. The van der Waals surface area contributed by atoms with E-state index in [1.165, 1.54) is 0 Å². The molecule has 0 radical (unpaired) electrons. The Hall–Kier alpha value is -0.820. The zero-order valence-corrected chi connectivity index (χ0v) is 15.3. The molecule has 0 aromatic heterocycles. The molecule has 1 rings (SSSR count). The molecule has 0 fully saturated rings. The maximum Gasteiger partial charge on any atom is 0.191 e. The van der Waals surface area contributed by atoms with Crippen molar-refractivity contribution in [3.8, 4) is 0 Å². The second-order valence-corrected chi connectivity index (χ2v) is 5.87. The number of ether oxygens (including phenoxy) is 2. The lowest BCUT2D eigenvalue weighted by Gasteiger charge is -2.13. The van der Waals surface area contributed by atoms with Crippen LogP contribution in [0.2, 0.25) is 5.02 Å². The molecule has 2 N–H and O–H groups in total. The normalized spacial score (nSPS) is 11.5. The van der Waals surface area contributed by atoms with Crippen molar-refractivity contribution < 1.29 is 9.47 Å². The van der Waals surface area contributed by atoms with E-state index in [1.807, 2.05) is 18.2 Å². The first-order chi connectivity index (χ1) is 10.7. The van der Waals surface area contributed by atoms with Gasteiger partial charge in [-0.3, -0.25) is 4.99 Å². The Balaban J connectivity index is 2.22. The Morgan fingerprint density at radius 3 is 2.77 bits per heavy atom. The summed E-state index contributed by atoms with van der Waals surface area (Å²) in [6.45, 7) is 3.37. The van der Waals surface area contributed by atoms with E-state index in [-0.39, 0.29) is 0 Å². The minimum absolute atomic E-state index is 0.621. The zero-order valence-electron chi connectivity index (χ0n) is 13.0. The molecule has 0 heterocycles. The first kappa shape index (κ1) is 19.2. The van der Waals surface area contributed by atoms with E-state index >= 15 is 0 Å². The summed E-state index contributed by atoms with van der Waals surface area (Å²) in [5, 5.41) is 7.20. The molecule has 0 aliphatic heterocycles. The molecule has 0 amide bonds. The monoisotopic (exact) mass is 391 g/mol. The Labute approximate surface area is 145 Å². The molecule has 0 saturated carbocycles. The van der Waals surface area contributed by atoms with Crippen molar-refractivity contribution in [1.82, 2.24) is 10.6 Å². The van der Waals surface area contributed by atoms with E-state index in [0.717, 1.165) is 34.0 Å². The number of hydrogen-bond acceptors (Lipinski definition) is 3. The third kappa shape index (κ3) is 7.98. The second kappa shape index (κ2) is 11.7. The van der Waals surface area contributed by atoms with Gasteiger partial charge in [-0.05, 0) is 24.1 Å². The summed E-state index contributed by atoms with van der Waals surface area (Å²) in [6.07, 6.45) is 0.906. The standard InChI is InChI=1S/C15H23BrClN3O2/c1-18-15(19-6-3-7-22-9-8-21-2)20-11-12-4-5-13(16)10-14(12)17/h4-5,10H,3,6-9,11H2,1-2H3,(H2,18,19,20). The fourth-order valence-electron chi connectivity index (χ4n) is 1.69. The molecular weight excluding hydrogens is 370 g/mol. The number of guanidine groups is 1. The highest BCUT2D eigenvalue weighted by Crippen LogP contribution is 2.20. The minimum Gasteiger partial charge on any atom is -0.382 e. The predicted molar refractivity (Wildman–Crippen MR) is 94.7 cm³/mol. The number of aliphatic imine (C=N–C) groups is 1. The van der Waals surface area contributed by atoms with Gasteiger partial charge in [0.1, 0.15) is 0 Å². The van der Waals surface area contributed by atoms with Crippen LogP contribution in [0.5, 0.6) is 0 Å². The Morgan fingerprint density at radius 1 is 1.27 bits per heavy atom. The average Bonchev–Trinajstić information content (AvgIpc) is 2.51. The van der Waals surface area contributed by atoms with Crippen molar-refractivity contribution in [3.05, 3.63) is 33.3 Å². The smallest absolute Gasteiger partial charge is 0.191 e. The van der Waals surface area contributed by atoms with E-state index in [4.69, 9.17) is 21.1 Å². The zero-order chi connectivity index (χ0) is 16.2. The molecular formula is C15H23BrClN3O2. The maximum atomic E-state index is 6.19. The fraction of sp³-hybridized carbons (Fsp3) is 0.533. The first-order valence-corrected chi connectivity index (χ1v) is 8.29. The van der Waals surface area contributed by atoms with Crippen LogP contribution in [0.4, 0.5) is 0 Å². The van der Waals surface area contributed by atoms with Crippen molar-refractivity contribution in [2.75, 3.05) is 40.5 Å². The number of nitrogens with one attached hydrogen (secondary N) is 2. The molecule has 0 aliphatic rings. The van der Waals surface area contributed by atoms with Gasteiger partial charge in [-0.25, -0.2) is 0 Å². The number of halogens is 2. The highest BCUT2D eigenvalue weighted by atomic mass is 79.9. The van der Waals surface area contributed by atoms with Crippen LogP contribution in [0.25, 0.3) is 0 Å². The predicted octanol–water partition coefficient (Wildman–Crippen LogP) is 2.82. The van der Waals surface area contributed by atoms with Gasteiger partial charge in [-0.15, -0.1) is 0 Å². The lowest BCUT2D eigenvalue weighted by Crippen LogP contribution is -2.37. The molecule has 5 nitrogen and oxygen atoms in total. The summed E-state index contributed by atoms with van der Waals surface area (Å²) in [7, 11) is 3.41. The van der Waals surface area contributed by atoms with Gasteiger partial charge >= 0.3 is 0 Å². The van der Waals surface area contributed by atoms with Crippen LogP contribution in [0.3, 0.4) is 0 Å². The van der Waals surface area contributed by atoms with Crippen LogP contribution in [0.1, 0.15) is 12.0 Å². The third-order valence-corrected chi connectivity index (χ3v) is 3.72. The van der Waals surface area contributed by atoms with Crippen LogP contribution in [0.15, 0.2) is 27.7 Å². The van der Waals surface area contributed by atoms with Crippen LogP contribution in [-0.2, 0) is 16.0 Å². The highest BCUT2D eigenvalue weighted by molar-refractivity contribution is 9.10. The molecule has 1 aromatic rings. The summed E-state index contributed by atoms with van der Waals surface area (Å²) in [5.74, 6) is 0.746. The molecule has 1 aromatic carbocycles. The topological polar surface area (TPSA) is 54.9 Å². The molecule has 0 saturated heterocycles. The van der Waals surface area contributed by atoms with Crippen LogP contribution in [-0.4, -0.2) is 46.5 Å². The molecule has 0 bridgehead atoms. The summed E-state index contributed by atoms with van der Waals surface area (Å²) >= 11 is 9.58. The highest BCUT2D eigenvalue weighted by Gasteiger charge is 2.02. The second-order valence-electron chi connectivity index (χ2n) is 4.55. The third-order valence-electron chi connectivity index (χ3n) is 2.87. The summed E-state index contributed by atoms with van der Waals surface area (Å²) in [5.41, 5.74) is 1.02. The Bertz CT molecular complexity index is 472. The van der Waals surface area contributed by atoms with E-state index in [1.54, 1.807) is 14.2 Å². The molecule has 0 unspecified atom stereocenters. The number of benzene rings is 1. The quantitative estimate of drug-likeness (QED) is 0.385. The largest absolute Gasteiger partial charge is 0.382 e. The Morgan fingerprint density at radius 2 is 2.09 bits per heavy atom. The van der Waals surface area contributed by atoms with Crippen molar-refractivity contribution in [3.63, 3.8) is 0 Å². The minimum atomic E-state index is 0.621. The first-order valence-electron chi connectivity index (χ1n) is 7.12. The number of rotatable bonds is 9. The summed E-state index contributed by atoms with van der Waals surface area (Å²) in [6, 6.07) is 5.83. The number of methoxy groups -OCH3 is 1.